The van der Waals surface area contributed by atoms with Gasteiger partial charge in [0.25, 0.3) is 5.69 Å². The minimum absolute atomic E-state index is 0.0277. The number of aromatic nitrogens is 2. The summed E-state index contributed by atoms with van der Waals surface area (Å²) in [6.45, 7) is 0. The average molecular weight is 313 g/mol. The second kappa shape index (κ2) is 5.90. The van der Waals surface area contributed by atoms with Crippen molar-refractivity contribution in [2.75, 3.05) is 7.11 Å². The summed E-state index contributed by atoms with van der Waals surface area (Å²) in [7, 11) is 1.60. The van der Waals surface area contributed by atoms with E-state index in [-0.39, 0.29) is 5.69 Å². The first kappa shape index (κ1) is 14.2. The zero-order valence-corrected chi connectivity index (χ0v) is 12.4. The monoisotopic (exact) mass is 313 g/mol. The molecule has 3 aromatic rings. The van der Waals surface area contributed by atoms with Gasteiger partial charge >= 0.3 is 0 Å². The molecule has 0 amide bonds. The van der Waals surface area contributed by atoms with Crippen molar-refractivity contribution >= 4 is 17.0 Å². The lowest BCUT2D eigenvalue weighted by atomic mass is 10.2. The standard InChI is InChI=1S/C15H11N3O3S/c1-21-11-8-6-10(7-9-11)14-16-17-15(22-14)12-4-2-3-5-13(12)18(19)20/h2-9H,1H3. The third-order valence-corrected chi connectivity index (χ3v) is 4.10. The van der Waals surface area contributed by atoms with E-state index in [1.165, 1.54) is 17.4 Å². The number of methoxy groups -OCH3 is 1. The Balaban J connectivity index is 1.98. The van der Waals surface area contributed by atoms with E-state index in [2.05, 4.69) is 10.2 Å². The van der Waals surface area contributed by atoms with E-state index in [0.29, 0.717) is 15.6 Å². The number of ether oxygens (including phenoxy) is 1. The summed E-state index contributed by atoms with van der Waals surface area (Å²) in [6.07, 6.45) is 0. The number of rotatable bonds is 4. The Labute approximate surface area is 130 Å². The fraction of sp³-hybridized carbons (Fsp3) is 0.0667. The number of nitro groups is 1. The molecule has 1 aromatic heterocycles. The molecule has 110 valence electrons. The number of nitrogens with zero attached hydrogens (tertiary/aromatic N) is 3. The zero-order valence-electron chi connectivity index (χ0n) is 11.6. The SMILES string of the molecule is COc1ccc(-c2nnc(-c3ccccc3[N+](=O)[O-])s2)cc1. The predicted octanol–water partition coefficient (Wildman–Crippen LogP) is 3.79. The van der Waals surface area contributed by atoms with E-state index >= 15 is 0 Å². The quantitative estimate of drug-likeness (QED) is 0.541. The van der Waals surface area contributed by atoms with Crippen LogP contribution >= 0.6 is 11.3 Å². The summed E-state index contributed by atoms with van der Waals surface area (Å²) in [5.74, 6) is 0.757. The highest BCUT2D eigenvalue weighted by Gasteiger charge is 2.18. The molecule has 0 radical (unpaired) electrons. The smallest absolute Gasteiger partial charge is 0.279 e. The Morgan fingerprint density at radius 1 is 1.05 bits per heavy atom. The average Bonchev–Trinajstić information content (AvgIpc) is 3.04. The highest BCUT2D eigenvalue weighted by Crippen LogP contribution is 2.35. The van der Waals surface area contributed by atoms with E-state index in [1.54, 1.807) is 25.3 Å². The highest BCUT2D eigenvalue weighted by molar-refractivity contribution is 7.18. The van der Waals surface area contributed by atoms with E-state index < -0.39 is 4.92 Å². The van der Waals surface area contributed by atoms with Crippen molar-refractivity contribution in [1.29, 1.82) is 0 Å². The lowest BCUT2D eigenvalue weighted by molar-refractivity contribution is -0.384. The predicted molar refractivity (Wildman–Crippen MR) is 84.0 cm³/mol. The summed E-state index contributed by atoms with van der Waals surface area (Å²) in [5, 5.41) is 20.5. The molecule has 0 saturated carbocycles. The third-order valence-electron chi connectivity index (χ3n) is 3.09. The van der Waals surface area contributed by atoms with Gasteiger partial charge in [0, 0.05) is 11.6 Å². The van der Waals surface area contributed by atoms with Crippen molar-refractivity contribution in [1.82, 2.24) is 10.2 Å². The van der Waals surface area contributed by atoms with Gasteiger partial charge in [-0.25, -0.2) is 0 Å². The molecule has 0 aliphatic heterocycles. The van der Waals surface area contributed by atoms with Crippen LogP contribution in [0.15, 0.2) is 48.5 Å². The van der Waals surface area contributed by atoms with Crippen molar-refractivity contribution in [3.63, 3.8) is 0 Å². The summed E-state index contributed by atoms with van der Waals surface area (Å²) in [6, 6.07) is 13.9. The number of hydrogen-bond donors (Lipinski definition) is 0. The van der Waals surface area contributed by atoms with Crippen LogP contribution < -0.4 is 4.74 Å². The molecule has 0 atom stereocenters. The molecule has 0 fully saturated rings. The minimum Gasteiger partial charge on any atom is -0.497 e. The number of hydrogen-bond acceptors (Lipinski definition) is 6. The van der Waals surface area contributed by atoms with Gasteiger partial charge in [-0.2, -0.15) is 0 Å². The Morgan fingerprint density at radius 2 is 1.73 bits per heavy atom. The van der Waals surface area contributed by atoms with Crippen LogP contribution in [0.5, 0.6) is 5.75 Å². The van der Waals surface area contributed by atoms with Crippen LogP contribution in [0.1, 0.15) is 0 Å². The molecule has 0 saturated heterocycles. The first-order chi connectivity index (χ1) is 10.7. The lowest BCUT2D eigenvalue weighted by Crippen LogP contribution is -1.90. The van der Waals surface area contributed by atoms with E-state index in [0.717, 1.165) is 11.3 Å². The molecule has 0 spiro atoms. The van der Waals surface area contributed by atoms with Gasteiger partial charge in [-0.15, -0.1) is 10.2 Å². The molecular weight excluding hydrogens is 302 g/mol. The van der Waals surface area contributed by atoms with Crippen molar-refractivity contribution in [2.45, 2.75) is 0 Å². The van der Waals surface area contributed by atoms with Crippen LogP contribution in [-0.2, 0) is 0 Å². The molecule has 0 bridgehead atoms. The molecule has 0 N–H and O–H groups in total. The minimum atomic E-state index is -0.413. The molecule has 3 rings (SSSR count). The van der Waals surface area contributed by atoms with Gasteiger partial charge in [-0.1, -0.05) is 23.5 Å². The van der Waals surface area contributed by atoms with E-state index in [9.17, 15) is 10.1 Å². The normalized spacial score (nSPS) is 10.4. The molecular formula is C15H11N3O3S. The maximum Gasteiger partial charge on any atom is 0.279 e. The van der Waals surface area contributed by atoms with Crippen molar-refractivity contribution in [3.05, 3.63) is 58.6 Å². The van der Waals surface area contributed by atoms with Gasteiger partial charge < -0.3 is 4.74 Å². The van der Waals surface area contributed by atoms with Crippen molar-refractivity contribution < 1.29 is 9.66 Å². The maximum absolute atomic E-state index is 11.1. The van der Waals surface area contributed by atoms with Gasteiger partial charge in [0.15, 0.2) is 5.01 Å². The highest BCUT2D eigenvalue weighted by atomic mass is 32.1. The van der Waals surface area contributed by atoms with Crippen molar-refractivity contribution in [2.24, 2.45) is 0 Å². The summed E-state index contributed by atoms with van der Waals surface area (Å²) in [4.78, 5) is 10.7. The summed E-state index contributed by atoms with van der Waals surface area (Å²) < 4.78 is 5.11. The molecule has 7 heteroatoms. The number of nitro benzene ring substituents is 1. The lowest BCUT2D eigenvalue weighted by Gasteiger charge is -1.99. The van der Waals surface area contributed by atoms with Crippen LogP contribution in [0.4, 0.5) is 5.69 Å². The van der Waals surface area contributed by atoms with Crippen LogP contribution in [0, 0.1) is 10.1 Å². The second-order valence-corrected chi connectivity index (χ2v) is 5.39. The van der Waals surface area contributed by atoms with Gasteiger partial charge in [-0.05, 0) is 30.3 Å². The van der Waals surface area contributed by atoms with Gasteiger partial charge in [0.05, 0.1) is 17.6 Å². The molecule has 0 aliphatic rings. The number of para-hydroxylation sites is 1. The molecule has 2 aromatic carbocycles. The largest absolute Gasteiger partial charge is 0.497 e. The second-order valence-electron chi connectivity index (χ2n) is 4.42. The first-order valence-electron chi connectivity index (χ1n) is 6.41. The molecule has 0 unspecified atom stereocenters. The molecule has 22 heavy (non-hydrogen) atoms. The zero-order chi connectivity index (χ0) is 15.5. The van der Waals surface area contributed by atoms with Gasteiger partial charge in [0.1, 0.15) is 10.8 Å². The van der Waals surface area contributed by atoms with Crippen molar-refractivity contribution in [3.8, 4) is 26.9 Å². The van der Waals surface area contributed by atoms with E-state index in [1.807, 2.05) is 24.3 Å². The third kappa shape index (κ3) is 2.66. The van der Waals surface area contributed by atoms with Crippen LogP contribution in [0.3, 0.4) is 0 Å². The fourth-order valence-corrected chi connectivity index (χ4v) is 2.88. The topological polar surface area (TPSA) is 78.2 Å². The van der Waals surface area contributed by atoms with Gasteiger partial charge in [0.2, 0.25) is 0 Å². The maximum atomic E-state index is 11.1. The molecule has 0 aliphatic carbocycles. The summed E-state index contributed by atoms with van der Waals surface area (Å²) in [5.41, 5.74) is 1.40. The Bertz CT molecular complexity index is 815. The van der Waals surface area contributed by atoms with Crippen LogP contribution in [-0.4, -0.2) is 22.2 Å². The fourth-order valence-electron chi connectivity index (χ4n) is 2.00. The Morgan fingerprint density at radius 3 is 2.41 bits per heavy atom. The summed E-state index contributed by atoms with van der Waals surface area (Å²) >= 11 is 1.32. The van der Waals surface area contributed by atoms with Gasteiger partial charge in [-0.3, -0.25) is 10.1 Å². The Kier molecular flexibility index (Phi) is 3.80. The Hall–Kier alpha value is -2.80. The molecule has 1 heterocycles. The number of benzene rings is 2. The van der Waals surface area contributed by atoms with Crippen LogP contribution in [0.2, 0.25) is 0 Å². The first-order valence-corrected chi connectivity index (χ1v) is 7.22. The molecule has 6 nitrogen and oxygen atoms in total. The van der Waals surface area contributed by atoms with E-state index in [4.69, 9.17) is 4.74 Å². The van der Waals surface area contributed by atoms with Crippen LogP contribution in [0.25, 0.3) is 21.1 Å².